The van der Waals surface area contributed by atoms with Gasteiger partial charge in [-0.3, -0.25) is 0 Å². The largest absolute Gasteiger partial charge is 0.255 e. The van der Waals surface area contributed by atoms with Crippen molar-refractivity contribution in [2.24, 2.45) is 0 Å². The molecule has 0 radical (unpaired) electrons. The monoisotopic (exact) mass is 511 g/mol. The molecule has 2 aromatic rings. The van der Waals surface area contributed by atoms with E-state index in [1.54, 1.807) is 0 Å². The zero-order valence-corrected chi connectivity index (χ0v) is 25.1. The summed E-state index contributed by atoms with van der Waals surface area (Å²) in [5.74, 6) is 1.45. The number of para-hydroxylation sites is 2. The summed E-state index contributed by atoms with van der Waals surface area (Å²) in [7, 11) is 0. The van der Waals surface area contributed by atoms with Crippen LogP contribution in [-0.2, 0) is 13.0 Å². The molecule has 0 spiro atoms. The van der Waals surface area contributed by atoms with Crippen molar-refractivity contribution in [3.63, 3.8) is 0 Å². The Morgan fingerprint density at radius 3 is 1.38 bits per heavy atom. The second kappa shape index (κ2) is 22.7. The zero-order valence-electron chi connectivity index (χ0n) is 25.1. The molecule has 0 fully saturated rings. The summed E-state index contributed by atoms with van der Waals surface area (Å²) in [4.78, 5) is 3.76. The van der Waals surface area contributed by atoms with Gasteiger partial charge < -0.3 is 0 Å². The molecule has 2 nitrogen and oxygen atoms in total. The Hall–Kier alpha value is -1.31. The van der Waals surface area contributed by atoms with Gasteiger partial charge in [-0.1, -0.05) is 161 Å². The lowest BCUT2D eigenvalue weighted by molar-refractivity contribution is -0.679. The first-order chi connectivity index (χ1) is 18.4. The fourth-order valence-electron chi connectivity index (χ4n) is 5.88. The normalized spacial score (nSPS) is 11.6. The van der Waals surface area contributed by atoms with Crippen LogP contribution in [0.4, 0.5) is 0 Å². The number of benzene rings is 1. The van der Waals surface area contributed by atoms with Gasteiger partial charge in [-0.15, -0.1) is 0 Å². The number of nitrogens with one attached hydrogen (secondary N) is 1. The third kappa shape index (κ3) is 15.0. The molecule has 0 aliphatic carbocycles. The summed E-state index contributed by atoms with van der Waals surface area (Å²) in [6.45, 7) is 5.78. The summed E-state index contributed by atoms with van der Waals surface area (Å²) in [6.07, 6.45) is 35.3. The Morgan fingerprint density at radius 2 is 0.892 bits per heavy atom. The van der Waals surface area contributed by atoms with Crippen LogP contribution in [0.15, 0.2) is 24.3 Å². The number of fused-ring (bicyclic) bond motifs is 1. The van der Waals surface area contributed by atoms with E-state index >= 15 is 0 Å². The summed E-state index contributed by atoms with van der Waals surface area (Å²) < 4.78 is 2.60. The van der Waals surface area contributed by atoms with Crippen molar-refractivity contribution in [2.75, 3.05) is 0 Å². The van der Waals surface area contributed by atoms with Crippen molar-refractivity contribution in [3.05, 3.63) is 30.1 Å². The number of rotatable bonds is 26. The minimum absolute atomic E-state index is 1.18. The van der Waals surface area contributed by atoms with Gasteiger partial charge in [0.2, 0.25) is 0 Å². The van der Waals surface area contributed by atoms with E-state index in [-0.39, 0.29) is 0 Å². The minimum atomic E-state index is 1.18. The third-order valence-corrected chi connectivity index (χ3v) is 8.30. The second-order valence-corrected chi connectivity index (χ2v) is 11.8. The molecule has 1 heterocycles. The molecule has 0 aliphatic heterocycles. The molecule has 1 aromatic heterocycles. The van der Waals surface area contributed by atoms with Crippen LogP contribution in [0.2, 0.25) is 0 Å². The molecule has 0 bridgehead atoms. The van der Waals surface area contributed by atoms with E-state index in [0.717, 1.165) is 0 Å². The molecule has 1 N–H and O–H groups in total. The van der Waals surface area contributed by atoms with Crippen LogP contribution in [0, 0.1) is 0 Å². The molecule has 1 aromatic carbocycles. The molecule has 0 saturated heterocycles. The van der Waals surface area contributed by atoms with Crippen molar-refractivity contribution >= 4 is 11.0 Å². The quantitative estimate of drug-likeness (QED) is 0.0956. The van der Waals surface area contributed by atoms with E-state index in [4.69, 9.17) is 0 Å². The van der Waals surface area contributed by atoms with E-state index in [1.807, 2.05) is 0 Å². The molecule has 0 saturated carbocycles. The van der Waals surface area contributed by atoms with Gasteiger partial charge in [0.15, 0.2) is 11.0 Å². The average molecular weight is 512 g/mol. The van der Waals surface area contributed by atoms with Gasteiger partial charge in [-0.05, 0) is 31.4 Å². The highest BCUT2D eigenvalue weighted by molar-refractivity contribution is 5.71. The zero-order chi connectivity index (χ0) is 26.2. The Morgan fingerprint density at radius 1 is 0.486 bits per heavy atom. The van der Waals surface area contributed by atoms with Crippen molar-refractivity contribution in [1.29, 1.82) is 0 Å². The lowest BCUT2D eigenvalue weighted by Gasteiger charge is -2.05. The summed E-state index contributed by atoms with van der Waals surface area (Å²) in [5.41, 5.74) is 2.72. The molecule has 0 amide bonds. The second-order valence-electron chi connectivity index (χ2n) is 11.8. The minimum Gasteiger partial charge on any atom is -0.241 e. The summed E-state index contributed by atoms with van der Waals surface area (Å²) in [6, 6.07) is 8.92. The molecule has 212 valence electrons. The Labute approximate surface area is 231 Å². The number of unbranched alkanes of at least 4 members (excludes halogenated alkanes) is 22. The number of imidazole rings is 1. The number of aromatic nitrogens is 2. The van der Waals surface area contributed by atoms with Crippen molar-refractivity contribution in [2.45, 2.75) is 181 Å². The number of hydrogen-bond donors (Lipinski definition) is 1. The first-order valence-electron chi connectivity index (χ1n) is 16.9. The number of aryl methyl sites for hydroxylation is 2. The Bertz CT molecular complexity index is 762. The van der Waals surface area contributed by atoms with Gasteiger partial charge in [0, 0.05) is 6.42 Å². The highest BCUT2D eigenvalue weighted by Crippen LogP contribution is 2.16. The number of hydrogen-bond acceptors (Lipinski definition) is 0. The van der Waals surface area contributed by atoms with E-state index < -0.39 is 0 Å². The van der Waals surface area contributed by atoms with Gasteiger partial charge in [0.05, 0.1) is 6.54 Å². The summed E-state index contributed by atoms with van der Waals surface area (Å²) >= 11 is 0. The first-order valence-corrected chi connectivity index (χ1v) is 16.9. The van der Waals surface area contributed by atoms with Crippen molar-refractivity contribution in [1.82, 2.24) is 4.98 Å². The fourth-order valence-corrected chi connectivity index (χ4v) is 5.88. The van der Waals surface area contributed by atoms with Crippen LogP contribution in [0.1, 0.15) is 174 Å². The van der Waals surface area contributed by atoms with Crippen molar-refractivity contribution < 1.29 is 4.57 Å². The van der Waals surface area contributed by atoms with Crippen LogP contribution < -0.4 is 4.57 Å². The molecular weight excluding hydrogens is 448 g/mol. The third-order valence-electron chi connectivity index (χ3n) is 8.30. The smallest absolute Gasteiger partial charge is 0.241 e. The first kappa shape index (κ1) is 31.9. The number of H-pyrrole nitrogens is 1. The predicted molar refractivity (Wildman–Crippen MR) is 164 cm³/mol. The Kier molecular flexibility index (Phi) is 19.5. The van der Waals surface area contributed by atoms with Gasteiger partial charge in [0.1, 0.15) is 0 Å². The van der Waals surface area contributed by atoms with Gasteiger partial charge in [0.25, 0.3) is 5.82 Å². The van der Waals surface area contributed by atoms with E-state index in [0.29, 0.717) is 0 Å². The summed E-state index contributed by atoms with van der Waals surface area (Å²) in [5, 5.41) is 0. The lowest BCUT2D eigenvalue weighted by Crippen LogP contribution is -2.37. The molecule has 0 unspecified atom stereocenters. The topological polar surface area (TPSA) is 19.7 Å². The van der Waals surface area contributed by atoms with Crippen LogP contribution in [0.25, 0.3) is 11.0 Å². The van der Waals surface area contributed by atoms with Gasteiger partial charge in [-0.2, -0.15) is 0 Å². The average Bonchev–Trinajstić information content (AvgIpc) is 3.27. The van der Waals surface area contributed by atoms with Crippen LogP contribution in [0.3, 0.4) is 0 Å². The lowest BCUT2D eigenvalue weighted by atomic mass is 10.0. The van der Waals surface area contributed by atoms with Gasteiger partial charge >= 0.3 is 0 Å². The van der Waals surface area contributed by atoms with Crippen LogP contribution in [-0.4, -0.2) is 4.98 Å². The molecular formula is C35H63N2+. The highest BCUT2D eigenvalue weighted by Gasteiger charge is 2.17. The number of aromatic amines is 1. The van der Waals surface area contributed by atoms with Crippen LogP contribution >= 0.6 is 0 Å². The van der Waals surface area contributed by atoms with Crippen molar-refractivity contribution in [3.8, 4) is 0 Å². The standard InChI is InChI=1S/C35H62N2/c1-3-5-7-9-11-13-15-17-19-21-23-25-31-35-36-33-29-26-27-30-34(33)37(35)32-28-24-22-20-18-16-14-12-10-8-6-4-2/h26-27,29-30H,3-25,28,31-32H2,1-2H3/p+1. The van der Waals surface area contributed by atoms with Gasteiger partial charge in [-0.25, -0.2) is 9.55 Å². The maximum absolute atomic E-state index is 3.76. The molecule has 0 atom stereocenters. The number of nitrogens with zero attached hydrogens (tertiary/aromatic N) is 1. The molecule has 37 heavy (non-hydrogen) atoms. The maximum atomic E-state index is 3.76. The van der Waals surface area contributed by atoms with E-state index in [9.17, 15) is 0 Å². The molecule has 2 rings (SSSR count). The van der Waals surface area contributed by atoms with E-state index in [2.05, 4.69) is 47.7 Å². The highest BCUT2D eigenvalue weighted by atomic mass is 15.1. The van der Waals surface area contributed by atoms with Crippen LogP contribution in [0.5, 0.6) is 0 Å². The van der Waals surface area contributed by atoms with E-state index in [1.165, 1.54) is 184 Å². The predicted octanol–water partition coefficient (Wildman–Crippen LogP) is 11.4. The molecule has 2 heteroatoms. The fraction of sp³-hybridized carbons (Fsp3) is 0.800. The molecule has 0 aliphatic rings. The SMILES string of the molecule is CCCCCCCCCCCCCCc1[nH]c2ccccc2[n+]1CCCCCCCCCCCCCC. The Balaban J connectivity index is 1.56. The maximum Gasteiger partial charge on any atom is 0.255 e.